The maximum atomic E-state index is 11.9. The van der Waals surface area contributed by atoms with Crippen molar-refractivity contribution in [3.63, 3.8) is 0 Å². The molecule has 180 valence electrons. The van der Waals surface area contributed by atoms with E-state index in [2.05, 4.69) is 28.1 Å². The standard InChI is InChI=1S/C10H16N5O14P3/c11-10-13-7-4(8(18)14-10)12-2-15(7)9-6(17)5(16)3(27-9)1-26-31(22,23)29-32(24,25)28-30(19,20)21/h2-3,5-6,9,16-17H,1H2,(H,22,23)(H,24,25)(H2,19,20,21)(H3,11,13,14,18)/t3-,5?,6?,9-/m1/s1. The molecule has 0 spiro atoms. The number of H-pyrrole nitrogens is 1. The third-order valence-electron chi connectivity index (χ3n) is 3.88. The number of nitrogens with one attached hydrogen (secondary N) is 1. The quantitative estimate of drug-likeness (QED) is 0.168. The Hall–Kier alpha value is -1.56. The summed E-state index contributed by atoms with van der Waals surface area (Å²) in [6, 6.07) is 0. The first kappa shape index (κ1) is 25.1. The van der Waals surface area contributed by atoms with Gasteiger partial charge in [-0.15, -0.1) is 0 Å². The number of nitrogens with zero attached hydrogens (tertiary/aromatic N) is 3. The second-order valence-electron chi connectivity index (χ2n) is 6.21. The van der Waals surface area contributed by atoms with Crippen molar-refractivity contribution in [2.45, 2.75) is 24.5 Å². The molecule has 19 nitrogen and oxygen atoms in total. The molecule has 9 N–H and O–H groups in total. The number of hydrogen-bond donors (Lipinski definition) is 8. The Bertz CT molecular complexity index is 1210. The molecule has 3 heterocycles. The van der Waals surface area contributed by atoms with Crippen molar-refractivity contribution in [1.82, 2.24) is 19.5 Å². The number of aliphatic hydroxyl groups excluding tert-OH is 2. The van der Waals surface area contributed by atoms with E-state index in [0.29, 0.717) is 0 Å². The van der Waals surface area contributed by atoms with Gasteiger partial charge in [0.1, 0.15) is 18.3 Å². The van der Waals surface area contributed by atoms with Crippen molar-refractivity contribution in [2.75, 3.05) is 12.3 Å². The Morgan fingerprint density at radius 2 is 1.78 bits per heavy atom. The topological polar surface area (TPSA) is 299 Å². The summed E-state index contributed by atoms with van der Waals surface area (Å²) >= 11 is 0. The van der Waals surface area contributed by atoms with Crippen molar-refractivity contribution in [3.8, 4) is 0 Å². The molecule has 0 aliphatic carbocycles. The maximum absolute atomic E-state index is 11.9. The van der Waals surface area contributed by atoms with E-state index in [9.17, 15) is 33.6 Å². The lowest BCUT2D eigenvalue weighted by atomic mass is 10.1. The normalized spacial score (nSPS) is 27.9. The van der Waals surface area contributed by atoms with Crippen LogP contribution < -0.4 is 11.3 Å². The van der Waals surface area contributed by atoms with Gasteiger partial charge in [-0.05, 0) is 0 Å². The lowest BCUT2D eigenvalue weighted by molar-refractivity contribution is -0.0503. The summed E-state index contributed by atoms with van der Waals surface area (Å²) in [5.41, 5.74) is 4.50. The van der Waals surface area contributed by atoms with Gasteiger partial charge in [-0.1, -0.05) is 0 Å². The van der Waals surface area contributed by atoms with Gasteiger partial charge in [-0.3, -0.25) is 18.9 Å². The second-order valence-corrected chi connectivity index (χ2v) is 10.6. The molecule has 0 saturated carbocycles. The zero-order valence-electron chi connectivity index (χ0n) is 15.3. The first-order valence-corrected chi connectivity index (χ1v) is 12.6. The molecule has 0 bridgehead atoms. The van der Waals surface area contributed by atoms with E-state index in [0.717, 1.165) is 10.9 Å². The molecule has 32 heavy (non-hydrogen) atoms. The van der Waals surface area contributed by atoms with Crippen molar-refractivity contribution >= 4 is 40.6 Å². The molecule has 22 heteroatoms. The summed E-state index contributed by atoms with van der Waals surface area (Å²) in [4.78, 5) is 57.3. The van der Waals surface area contributed by atoms with Gasteiger partial charge in [0.25, 0.3) is 5.56 Å². The number of phosphoric acid groups is 3. The number of imidazole rings is 1. The van der Waals surface area contributed by atoms with Crippen molar-refractivity contribution in [2.24, 2.45) is 0 Å². The number of ether oxygens (including phenoxy) is 1. The molecule has 1 fully saturated rings. The number of anilines is 1. The average molecular weight is 523 g/mol. The summed E-state index contributed by atoms with van der Waals surface area (Å²) in [6.45, 7) is -1.01. The molecule has 0 amide bonds. The molecular weight excluding hydrogens is 507 g/mol. The van der Waals surface area contributed by atoms with E-state index >= 15 is 0 Å². The van der Waals surface area contributed by atoms with Crippen molar-refractivity contribution in [1.29, 1.82) is 0 Å². The van der Waals surface area contributed by atoms with Gasteiger partial charge < -0.3 is 40.3 Å². The Morgan fingerprint density at radius 3 is 2.41 bits per heavy atom. The number of phosphoric ester groups is 1. The number of aliphatic hydroxyl groups is 2. The number of aromatic amines is 1. The minimum atomic E-state index is -5.73. The maximum Gasteiger partial charge on any atom is 0.490 e. The van der Waals surface area contributed by atoms with Crippen LogP contribution in [0, 0.1) is 0 Å². The summed E-state index contributed by atoms with van der Waals surface area (Å²) < 4.78 is 51.6. The fraction of sp³-hybridized carbons (Fsp3) is 0.500. The highest BCUT2D eigenvalue weighted by molar-refractivity contribution is 7.66. The predicted octanol–water partition coefficient (Wildman–Crippen LogP) is -2.34. The summed E-state index contributed by atoms with van der Waals surface area (Å²) in [5.74, 6) is -0.276. The molecule has 0 radical (unpaired) electrons. The van der Waals surface area contributed by atoms with Crippen LogP contribution >= 0.6 is 23.5 Å². The van der Waals surface area contributed by atoms with E-state index in [1.165, 1.54) is 0 Å². The van der Waals surface area contributed by atoms with Gasteiger partial charge in [0.2, 0.25) is 5.95 Å². The Labute approximate surface area is 175 Å². The third-order valence-corrected chi connectivity index (χ3v) is 7.68. The number of fused-ring (bicyclic) bond motifs is 1. The van der Waals surface area contributed by atoms with Crippen LogP contribution in [0.2, 0.25) is 0 Å². The second kappa shape index (κ2) is 8.66. The van der Waals surface area contributed by atoms with E-state index < -0.39 is 60.2 Å². The molecule has 1 saturated heterocycles. The van der Waals surface area contributed by atoms with Gasteiger partial charge in [0, 0.05) is 0 Å². The van der Waals surface area contributed by atoms with Crippen LogP contribution in [0.15, 0.2) is 11.1 Å². The Balaban J connectivity index is 1.72. The highest BCUT2D eigenvalue weighted by atomic mass is 31.3. The van der Waals surface area contributed by atoms with Crippen LogP contribution in [0.1, 0.15) is 6.23 Å². The molecule has 2 aromatic heterocycles. The molecule has 1 aliphatic rings. The van der Waals surface area contributed by atoms with E-state index in [1.807, 2.05) is 0 Å². The van der Waals surface area contributed by atoms with Crippen LogP contribution in [0.25, 0.3) is 11.2 Å². The molecular formula is C10H16N5O14P3. The van der Waals surface area contributed by atoms with E-state index in [4.69, 9.17) is 25.2 Å². The smallest absolute Gasteiger partial charge is 0.387 e. The lowest BCUT2D eigenvalue weighted by Crippen LogP contribution is -2.33. The highest BCUT2D eigenvalue weighted by Crippen LogP contribution is 2.66. The Kier molecular flexibility index (Phi) is 6.78. The van der Waals surface area contributed by atoms with Crippen LogP contribution in [0.5, 0.6) is 0 Å². The zero-order valence-corrected chi connectivity index (χ0v) is 18.0. The van der Waals surface area contributed by atoms with E-state index in [1.54, 1.807) is 0 Å². The fourth-order valence-electron chi connectivity index (χ4n) is 2.70. The molecule has 0 aromatic carbocycles. The highest BCUT2D eigenvalue weighted by Gasteiger charge is 2.47. The van der Waals surface area contributed by atoms with Gasteiger partial charge >= 0.3 is 23.5 Å². The average Bonchev–Trinajstić information content (AvgIpc) is 3.12. The largest absolute Gasteiger partial charge is 0.490 e. The molecule has 6 atom stereocenters. The predicted molar refractivity (Wildman–Crippen MR) is 98.3 cm³/mol. The molecule has 1 aliphatic heterocycles. The van der Waals surface area contributed by atoms with Crippen LogP contribution in [0.4, 0.5) is 5.95 Å². The monoisotopic (exact) mass is 523 g/mol. The zero-order chi connectivity index (χ0) is 24.1. The van der Waals surface area contributed by atoms with Gasteiger partial charge in [-0.25, -0.2) is 18.7 Å². The van der Waals surface area contributed by atoms with Gasteiger partial charge in [-0.2, -0.15) is 13.6 Å². The van der Waals surface area contributed by atoms with Crippen molar-refractivity contribution in [3.05, 3.63) is 16.7 Å². The summed E-state index contributed by atoms with van der Waals surface area (Å²) in [7, 11) is -16.8. The van der Waals surface area contributed by atoms with Gasteiger partial charge in [0.15, 0.2) is 17.4 Å². The molecule has 3 rings (SSSR count). The number of rotatable bonds is 8. The number of hydrogen-bond acceptors (Lipinski definition) is 13. The van der Waals surface area contributed by atoms with Crippen LogP contribution in [0.3, 0.4) is 0 Å². The minimum Gasteiger partial charge on any atom is -0.387 e. The third kappa shape index (κ3) is 5.67. The SMILES string of the molecule is Nc1nc2c(ncn2[C@@H]2O[C@H](COP(=O)(O)OP(=O)(O)OP(=O)(O)O)C(O)C2O)c(=O)[nH]1. The van der Waals surface area contributed by atoms with Gasteiger partial charge in [0.05, 0.1) is 12.9 Å². The van der Waals surface area contributed by atoms with Crippen LogP contribution in [-0.4, -0.2) is 74.2 Å². The number of nitrogen functional groups attached to an aromatic ring is 1. The lowest BCUT2D eigenvalue weighted by Gasteiger charge is -2.19. The Morgan fingerprint density at radius 1 is 1.12 bits per heavy atom. The summed E-state index contributed by atoms with van der Waals surface area (Å²) in [6.07, 6.45) is -5.33. The van der Waals surface area contributed by atoms with Crippen LogP contribution in [-0.2, 0) is 31.6 Å². The van der Waals surface area contributed by atoms with Crippen molar-refractivity contribution < 1.29 is 61.4 Å². The first-order chi connectivity index (χ1) is 14.6. The number of aromatic nitrogens is 4. The fourth-order valence-corrected chi connectivity index (χ4v) is 5.73. The first-order valence-electron chi connectivity index (χ1n) is 8.11. The molecule has 2 aromatic rings. The molecule has 4 unspecified atom stereocenters. The van der Waals surface area contributed by atoms with E-state index in [-0.39, 0.29) is 17.1 Å². The minimum absolute atomic E-state index is 0.115. The summed E-state index contributed by atoms with van der Waals surface area (Å²) in [5, 5.41) is 20.4. The number of nitrogens with two attached hydrogens (primary N) is 1.